The van der Waals surface area contributed by atoms with Crippen LogP contribution in [0.5, 0.6) is 0 Å². The van der Waals surface area contributed by atoms with E-state index in [-0.39, 0.29) is 5.91 Å². The number of carbonyl (C=O) groups is 1. The molecule has 0 fully saturated rings. The van der Waals surface area contributed by atoms with Crippen molar-refractivity contribution in [2.75, 3.05) is 5.32 Å². The minimum Gasteiger partial charge on any atom is -0.311 e. The van der Waals surface area contributed by atoms with Gasteiger partial charge in [-0.1, -0.05) is 37.3 Å². The Balaban J connectivity index is 1.52. The average molecular weight is 353 g/mol. The highest BCUT2D eigenvalue weighted by atomic mass is 32.1. The first-order valence-corrected chi connectivity index (χ1v) is 9.54. The molecule has 25 heavy (non-hydrogen) atoms. The summed E-state index contributed by atoms with van der Waals surface area (Å²) in [6, 6.07) is 14.5. The predicted octanol–water partition coefficient (Wildman–Crippen LogP) is 4.52. The largest absolute Gasteiger partial charge is 0.311 e. The van der Waals surface area contributed by atoms with Crippen molar-refractivity contribution in [2.24, 2.45) is 0 Å². The van der Waals surface area contributed by atoms with Gasteiger partial charge in [0.15, 0.2) is 0 Å². The molecule has 0 bridgehead atoms. The second kappa shape index (κ2) is 8.62. The second-order valence-electron chi connectivity index (χ2n) is 6.03. The van der Waals surface area contributed by atoms with E-state index in [0.29, 0.717) is 13.0 Å². The molecule has 3 rings (SSSR count). The Hall–Kier alpha value is -2.40. The normalized spacial score (nSPS) is 10.8. The third kappa shape index (κ3) is 5.03. The first-order valence-electron chi connectivity index (χ1n) is 8.66. The summed E-state index contributed by atoms with van der Waals surface area (Å²) in [5.41, 5.74) is 2.50. The zero-order valence-corrected chi connectivity index (χ0v) is 15.3. The third-order valence-corrected chi connectivity index (χ3v) is 5.09. The van der Waals surface area contributed by atoms with Gasteiger partial charge in [-0.25, -0.2) is 4.68 Å². The summed E-state index contributed by atoms with van der Waals surface area (Å²) >= 11 is 1.74. The number of rotatable bonds is 8. The van der Waals surface area contributed by atoms with Gasteiger partial charge < -0.3 is 5.32 Å². The molecule has 0 atom stereocenters. The second-order valence-corrected chi connectivity index (χ2v) is 7.06. The number of amides is 1. The zero-order valence-electron chi connectivity index (χ0n) is 14.4. The maximum atomic E-state index is 12.2. The molecular weight excluding hydrogens is 330 g/mol. The molecule has 0 saturated carbocycles. The lowest BCUT2D eigenvalue weighted by Gasteiger charge is -2.09. The quantitative estimate of drug-likeness (QED) is 0.647. The number of nitrogens with zero attached hydrogens (tertiary/aromatic N) is 2. The summed E-state index contributed by atoms with van der Waals surface area (Å²) in [6.45, 7) is 2.80. The number of benzene rings is 1. The van der Waals surface area contributed by atoms with E-state index >= 15 is 0 Å². The summed E-state index contributed by atoms with van der Waals surface area (Å²) in [5.74, 6) is 0.792. The lowest BCUT2D eigenvalue weighted by Crippen LogP contribution is -2.16. The van der Waals surface area contributed by atoms with Crippen LogP contribution in [0.25, 0.3) is 0 Å². The Kier molecular flexibility index (Phi) is 6.01. The molecule has 4 nitrogen and oxygen atoms in total. The number of aromatic nitrogens is 2. The summed E-state index contributed by atoms with van der Waals surface area (Å²) in [5, 5.41) is 9.38. The number of hydrogen-bond donors (Lipinski definition) is 1. The van der Waals surface area contributed by atoms with Crippen LogP contribution in [0.15, 0.2) is 54.0 Å². The summed E-state index contributed by atoms with van der Waals surface area (Å²) in [4.78, 5) is 13.5. The highest BCUT2D eigenvalue weighted by molar-refractivity contribution is 7.09. The van der Waals surface area contributed by atoms with Gasteiger partial charge in [-0.2, -0.15) is 5.10 Å². The standard InChI is InChI=1S/C20H23N3OS/c1-2-16-8-10-17(11-9-16)15-23-19(12-13-21-23)22-20(24)7-3-5-18-6-4-14-25-18/h4,6,8-14H,2-3,5,7,15H2,1H3,(H,22,24). The van der Waals surface area contributed by atoms with Crippen molar-refractivity contribution in [3.8, 4) is 0 Å². The van der Waals surface area contributed by atoms with E-state index in [0.717, 1.165) is 25.1 Å². The molecule has 1 amide bonds. The van der Waals surface area contributed by atoms with Gasteiger partial charge in [0.25, 0.3) is 0 Å². The van der Waals surface area contributed by atoms with Crippen molar-refractivity contribution in [3.63, 3.8) is 0 Å². The van der Waals surface area contributed by atoms with Crippen molar-refractivity contribution in [1.29, 1.82) is 0 Å². The molecule has 0 aliphatic carbocycles. The number of anilines is 1. The summed E-state index contributed by atoms with van der Waals surface area (Å²) in [6.07, 6.45) is 5.10. The molecule has 2 heterocycles. The van der Waals surface area contributed by atoms with Gasteiger partial charge in [0, 0.05) is 17.4 Å². The van der Waals surface area contributed by atoms with E-state index in [1.54, 1.807) is 17.5 Å². The van der Waals surface area contributed by atoms with Crippen LogP contribution in [0.1, 0.15) is 35.8 Å². The maximum Gasteiger partial charge on any atom is 0.225 e. The van der Waals surface area contributed by atoms with E-state index < -0.39 is 0 Å². The van der Waals surface area contributed by atoms with Gasteiger partial charge in [-0.3, -0.25) is 4.79 Å². The lowest BCUT2D eigenvalue weighted by molar-refractivity contribution is -0.116. The molecular formula is C20H23N3OS. The lowest BCUT2D eigenvalue weighted by atomic mass is 10.1. The molecule has 0 saturated heterocycles. The SMILES string of the molecule is CCc1ccc(Cn2nccc2NC(=O)CCCc2cccs2)cc1. The van der Waals surface area contributed by atoms with Crippen LogP contribution >= 0.6 is 11.3 Å². The van der Waals surface area contributed by atoms with Crippen LogP contribution in [-0.4, -0.2) is 15.7 Å². The van der Waals surface area contributed by atoms with Crippen LogP contribution in [0.2, 0.25) is 0 Å². The Morgan fingerprint density at radius 1 is 1.16 bits per heavy atom. The van der Waals surface area contributed by atoms with Crippen LogP contribution in [0, 0.1) is 0 Å². The first kappa shape index (κ1) is 17.4. The summed E-state index contributed by atoms with van der Waals surface area (Å²) in [7, 11) is 0. The molecule has 0 radical (unpaired) electrons. The zero-order chi connectivity index (χ0) is 17.5. The molecule has 1 N–H and O–H groups in total. The van der Waals surface area contributed by atoms with Crippen molar-refractivity contribution >= 4 is 23.1 Å². The molecule has 0 unspecified atom stereocenters. The number of hydrogen-bond acceptors (Lipinski definition) is 3. The van der Waals surface area contributed by atoms with E-state index in [1.165, 1.54) is 16.0 Å². The topological polar surface area (TPSA) is 46.9 Å². The fraction of sp³-hybridized carbons (Fsp3) is 0.300. The highest BCUT2D eigenvalue weighted by Gasteiger charge is 2.08. The number of carbonyl (C=O) groups excluding carboxylic acids is 1. The van der Waals surface area contributed by atoms with E-state index in [2.05, 4.69) is 53.1 Å². The molecule has 1 aromatic carbocycles. The summed E-state index contributed by atoms with van der Waals surface area (Å²) < 4.78 is 1.83. The van der Waals surface area contributed by atoms with Gasteiger partial charge in [-0.05, 0) is 41.8 Å². The Labute approximate surface area is 152 Å². The molecule has 0 spiro atoms. The van der Waals surface area contributed by atoms with Gasteiger partial charge in [0.2, 0.25) is 5.91 Å². The van der Waals surface area contributed by atoms with Crippen molar-refractivity contribution in [2.45, 2.75) is 39.2 Å². The molecule has 0 aliphatic heterocycles. The molecule has 3 aromatic rings. The van der Waals surface area contributed by atoms with Crippen LogP contribution < -0.4 is 5.32 Å². The monoisotopic (exact) mass is 353 g/mol. The Bertz CT molecular complexity index is 791. The Morgan fingerprint density at radius 3 is 2.68 bits per heavy atom. The molecule has 0 aliphatic rings. The Morgan fingerprint density at radius 2 is 1.96 bits per heavy atom. The minimum absolute atomic E-state index is 0.0413. The smallest absolute Gasteiger partial charge is 0.225 e. The van der Waals surface area contributed by atoms with E-state index in [9.17, 15) is 4.79 Å². The fourth-order valence-corrected chi connectivity index (χ4v) is 3.45. The number of thiophene rings is 1. The predicted molar refractivity (Wildman–Crippen MR) is 103 cm³/mol. The van der Waals surface area contributed by atoms with Crippen LogP contribution in [0.4, 0.5) is 5.82 Å². The van der Waals surface area contributed by atoms with Gasteiger partial charge in [0.05, 0.1) is 12.7 Å². The van der Waals surface area contributed by atoms with Crippen molar-refractivity contribution < 1.29 is 4.79 Å². The van der Waals surface area contributed by atoms with E-state index in [4.69, 9.17) is 0 Å². The highest BCUT2D eigenvalue weighted by Crippen LogP contribution is 2.14. The van der Waals surface area contributed by atoms with Crippen LogP contribution in [-0.2, 0) is 24.2 Å². The minimum atomic E-state index is 0.0413. The van der Waals surface area contributed by atoms with Crippen molar-refractivity contribution in [1.82, 2.24) is 9.78 Å². The molecule has 5 heteroatoms. The van der Waals surface area contributed by atoms with Crippen molar-refractivity contribution in [3.05, 3.63) is 70.0 Å². The fourth-order valence-electron chi connectivity index (χ4n) is 2.70. The molecule has 130 valence electrons. The number of aryl methyl sites for hydroxylation is 2. The average Bonchev–Trinajstić information content (AvgIpc) is 3.28. The van der Waals surface area contributed by atoms with Gasteiger partial charge in [0.1, 0.15) is 5.82 Å². The van der Waals surface area contributed by atoms with Gasteiger partial charge >= 0.3 is 0 Å². The maximum absolute atomic E-state index is 12.2. The van der Waals surface area contributed by atoms with Gasteiger partial charge in [-0.15, -0.1) is 11.3 Å². The third-order valence-electron chi connectivity index (χ3n) is 4.15. The van der Waals surface area contributed by atoms with E-state index in [1.807, 2.05) is 16.8 Å². The molecule has 2 aromatic heterocycles. The number of nitrogens with one attached hydrogen (secondary N) is 1. The van der Waals surface area contributed by atoms with Crippen LogP contribution in [0.3, 0.4) is 0 Å². The first-order chi connectivity index (χ1) is 12.2.